The third-order valence-electron chi connectivity index (χ3n) is 2.92. The van der Waals surface area contributed by atoms with Crippen LogP contribution in [-0.4, -0.2) is 35.7 Å². The standard InChI is InChI=1S/C9H16N2O2/c12-8(13)9(11-7-1-2-7)3-5-10-6-4-9/h7,10-11H,1-6H2,(H,12,13). The van der Waals surface area contributed by atoms with Crippen molar-refractivity contribution in [3.63, 3.8) is 0 Å². The number of hydrogen-bond donors (Lipinski definition) is 3. The minimum atomic E-state index is -0.680. The summed E-state index contributed by atoms with van der Waals surface area (Å²) in [5, 5.41) is 15.6. The Balaban J connectivity index is 2.02. The van der Waals surface area contributed by atoms with Crippen molar-refractivity contribution in [3.05, 3.63) is 0 Å². The van der Waals surface area contributed by atoms with E-state index in [4.69, 9.17) is 0 Å². The summed E-state index contributed by atoms with van der Waals surface area (Å²) in [6.07, 6.45) is 3.70. The molecule has 2 fully saturated rings. The van der Waals surface area contributed by atoms with Crippen molar-refractivity contribution in [2.24, 2.45) is 0 Å². The summed E-state index contributed by atoms with van der Waals surface area (Å²) < 4.78 is 0. The second kappa shape index (κ2) is 3.27. The van der Waals surface area contributed by atoms with Gasteiger partial charge in [-0.1, -0.05) is 0 Å². The summed E-state index contributed by atoms with van der Waals surface area (Å²) in [6, 6.07) is 0.467. The lowest BCUT2D eigenvalue weighted by molar-refractivity contribution is -0.146. The largest absolute Gasteiger partial charge is 0.480 e. The average Bonchev–Trinajstić information content (AvgIpc) is 2.90. The molecule has 0 aromatic rings. The van der Waals surface area contributed by atoms with Crippen molar-refractivity contribution in [2.45, 2.75) is 37.3 Å². The Morgan fingerprint density at radius 1 is 1.38 bits per heavy atom. The number of carboxylic acid groups (broad SMARTS) is 1. The van der Waals surface area contributed by atoms with Crippen LogP contribution in [-0.2, 0) is 4.79 Å². The van der Waals surface area contributed by atoms with Gasteiger partial charge in [-0.25, -0.2) is 0 Å². The van der Waals surface area contributed by atoms with Gasteiger partial charge in [0.15, 0.2) is 0 Å². The van der Waals surface area contributed by atoms with Crippen molar-refractivity contribution in [1.82, 2.24) is 10.6 Å². The summed E-state index contributed by atoms with van der Waals surface area (Å²) in [6.45, 7) is 1.62. The summed E-state index contributed by atoms with van der Waals surface area (Å²) in [5.74, 6) is -0.680. The number of piperidine rings is 1. The first-order chi connectivity index (χ1) is 6.23. The normalized spacial score (nSPS) is 27.1. The van der Waals surface area contributed by atoms with Crippen LogP contribution in [0.3, 0.4) is 0 Å². The van der Waals surface area contributed by atoms with Gasteiger partial charge in [-0.15, -0.1) is 0 Å². The van der Waals surface area contributed by atoms with Gasteiger partial charge in [0.1, 0.15) is 5.54 Å². The van der Waals surface area contributed by atoms with Gasteiger partial charge in [0, 0.05) is 6.04 Å². The van der Waals surface area contributed by atoms with E-state index in [0.29, 0.717) is 18.9 Å². The molecule has 0 aromatic carbocycles. The SMILES string of the molecule is O=C(O)C1(NC2CC2)CCNCC1. The average molecular weight is 184 g/mol. The van der Waals surface area contributed by atoms with Gasteiger partial charge in [-0.3, -0.25) is 10.1 Å². The van der Waals surface area contributed by atoms with E-state index in [9.17, 15) is 9.90 Å². The monoisotopic (exact) mass is 184 g/mol. The molecule has 0 amide bonds. The minimum Gasteiger partial charge on any atom is -0.480 e. The zero-order chi connectivity index (χ0) is 9.31. The van der Waals surface area contributed by atoms with Crippen molar-refractivity contribution in [3.8, 4) is 0 Å². The Labute approximate surface area is 77.7 Å². The molecule has 2 rings (SSSR count). The Kier molecular flexibility index (Phi) is 2.26. The van der Waals surface area contributed by atoms with E-state index in [2.05, 4.69) is 10.6 Å². The quantitative estimate of drug-likeness (QED) is 0.575. The van der Waals surface area contributed by atoms with Gasteiger partial charge in [0.25, 0.3) is 0 Å². The van der Waals surface area contributed by atoms with Gasteiger partial charge < -0.3 is 10.4 Å². The molecule has 4 nitrogen and oxygen atoms in total. The summed E-state index contributed by atoms with van der Waals surface area (Å²) in [7, 11) is 0. The van der Waals surface area contributed by atoms with Gasteiger partial charge in [0.05, 0.1) is 0 Å². The Bertz CT molecular complexity index is 208. The van der Waals surface area contributed by atoms with E-state index in [0.717, 1.165) is 25.9 Å². The summed E-state index contributed by atoms with van der Waals surface area (Å²) >= 11 is 0. The van der Waals surface area contributed by atoms with Crippen molar-refractivity contribution < 1.29 is 9.90 Å². The highest BCUT2D eigenvalue weighted by atomic mass is 16.4. The van der Waals surface area contributed by atoms with Crippen LogP contribution in [0.1, 0.15) is 25.7 Å². The first kappa shape index (κ1) is 8.97. The van der Waals surface area contributed by atoms with Gasteiger partial charge in [-0.05, 0) is 38.8 Å². The summed E-state index contributed by atoms with van der Waals surface area (Å²) in [4.78, 5) is 11.1. The topological polar surface area (TPSA) is 61.4 Å². The van der Waals surface area contributed by atoms with Crippen LogP contribution in [0.2, 0.25) is 0 Å². The number of rotatable bonds is 3. The molecule has 1 saturated heterocycles. The maximum Gasteiger partial charge on any atom is 0.324 e. The van der Waals surface area contributed by atoms with Crippen LogP contribution in [0, 0.1) is 0 Å². The molecule has 0 bridgehead atoms. The van der Waals surface area contributed by atoms with Crippen LogP contribution in [0.4, 0.5) is 0 Å². The molecule has 2 aliphatic rings. The molecule has 3 N–H and O–H groups in total. The predicted octanol–water partition coefficient (Wildman–Crippen LogP) is -0.0548. The number of aliphatic carboxylic acids is 1. The van der Waals surface area contributed by atoms with Crippen LogP contribution in [0.15, 0.2) is 0 Å². The van der Waals surface area contributed by atoms with Crippen LogP contribution < -0.4 is 10.6 Å². The first-order valence-corrected chi connectivity index (χ1v) is 4.95. The lowest BCUT2D eigenvalue weighted by Crippen LogP contribution is -2.58. The maximum atomic E-state index is 11.1. The second-order valence-electron chi connectivity index (χ2n) is 4.06. The maximum absolute atomic E-state index is 11.1. The van der Waals surface area contributed by atoms with Crippen LogP contribution in [0.25, 0.3) is 0 Å². The lowest BCUT2D eigenvalue weighted by Gasteiger charge is -2.34. The fraction of sp³-hybridized carbons (Fsp3) is 0.889. The van der Waals surface area contributed by atoms with Crippen molar-refractivity contribution in [2.75, 3.05) is 13.1 Å². The molecule has 0 unspecified atom stereocenters. The highest BCUT2D eigenvalue weighted by molar-refractivity contribution is 5.79. The van der Waals surface area contributed by atoms with E-state index in [1.54, 1.807) is 0 Å². The third kappa shape index (κ3) is 1.84. The van der Waals surface area contributed by atoms with E-state index < -0.39 is 11.5 Å². The van der Waals surface area contributed by atoms with Gasteiger partial charge in [0.2, 0.25) is 0 Å². The predicted molar refractivity (Wildman–Crippen MR) is 48.6 cm³/mol. The molecule has 13 heavy (non-hydrogen) atoms. The van der Waals surface area contributed by atoms with Crippen molar-refractivity contribution in [1.29, 1.82) is 0 Å². The summed E-state index contributed by atoms with van der Waals surface area (Å²) in [5.41, 5.74) is -0.633. The smallest absolute Gasteiger partial charge is 0.324 e. The molecule has 4 heteroatoms. The number of carbonyl (C=O) groups is 1. The Morgan fingerprint density at radius 2 is 2.00 bits per heavy atom. The molecular formula is C9H16N2O2. The molecule has 1 aliphatic heterocycles. The third-order valence-corrected chi connectivity index (χ3v) is 2.92. The zero-order valence-corrected chi connectivity index (χ0v) is 7.68. The molecule has 0 atom stereocenters. The molecule has 0 aromatic heterocycles. The fourth-order valence-electron chi connectivity index (χ4n) is 1.89. The molecule has 0 radical (unpaired) electrons. The van der Waals surface area contributed by atoms with E-state index >= 15 is 0 Å². The molecular weight excluding hydrogens is 168 g/mol. The van der Waals surface area contributed by atoms with Crippen molar-refractivity contribution >= 4 is 5.97 Å². The highest BCUT2D eigenvalue weighted by Gasteiger charge is 2.43. The van der Waals surface area contributed by atoms with E-state index in [1.165, 1.54) is 0 Å². The molecule has 74 valence electrons. The van der Waals surface area contributed by atoms with Gasteiger partial charge in [-0.2, -0.15) is 0 Å². The first-order valence-electron chi connectivity index (χ1n) is 4.95. The van der Waals surface area contributed by atoms with Crippen LogP contribution >= 0.6 is 0 Å². The fourth-order valence-corrected chi connectivity index (χ4v) is 1.89. The number of nitrogens with one attached hydrogen (secondary N) is 2. The lowest BCUT2D eigenvalue weighted by atomic mass is 9.88. The number of carboxylic acids is 1. The van der Waals surface area contributed by atoms with Crippen LogP contribution in [0.5, 0.6) is 0 Å². The zero-order valence-electron chi connectivity index (χ0n) is 7.68. The minimum absolute atomic E-state index is 0.467. The molecule has 0 spiro atoms. The second-order valence-corrected chi connectivity index (χ2v) is 4.06. The van der Waals surface area contributed by atoms with E-state index in [-0.39, 0.29) is 0 Å². The Morgan fingerprint density at radius 3 is 2.46 bits per heavy atom. The number of hydrogen-bond acceptors (Lipinski definition) is 3. The Hall–Kier alpha value is -0.610. The van der Waals surface area contributed by atoms with E-state index in [1.807, 2.05) is 0 Å². The van der Waals surface area contributed by atoms with Gasteiger partial charge >= 0.3 is 5.97 Å². The molecule has 1 aliphatic carbocycles. The molecule has 1 heterocycles. The molecule has 1 saturated carbocycles. The highest BCUT2D eigenvalue weighted by Crippen LogP contribution is 2.27.